The summed E-state index contributed by atoms with van der Waals surface area (Å²) in [7, 11) is 1.29. The standard InChI is InChI=1S/C71H82Cl2N6O23/c1-29(2)16-41(79(9)69(97)102-71(6,7)8)66(95)77-56-44(84)20-34(23-52(74)87)64(93)75-54-33-21-49(98-47-14-11-31(58(56)88)18-39(47)72)63(101-68-62(92)61(91)60(90)51(28-80)100-68)50(22-33)99-48-15-12-32(19-40(48)73)59(89)57-67(96)76-55(46(86)27-70(3,4)5)38-24-35(81)25-43(83)53(38)37-17-30(10-13-42(37)82)36(26-45(54)85)65(94)78-57/h10-15,17-19,21-22,24-25,29,34,36,41,51,54-62,68,80-83,88-92H,16,20,23,26-28H2,1-9H3,(H2,74,87)(H,75,93)(H,76,96)(H,77,95)(H,78,94)/t34-,36+,41+,51+,54+,55-,56-,57-,58+,59+,60+,61-,62+,68-/m0/s1. The fraction of sp³-hybridized carbons (Fsp3) is 0.451. The number of carbonyl (C=O) groups excluding carboxylic acids is 9. The van der Waals surface area contributed by atoms with Crippen molar-refractivity contribution in [2.75, 3.05) is 13.7 Å². The third kappa shape index (κ3) is 17.3. The molecule has 31 heteroatoms. The normalized spacial score (nSPS) is 25.1. The quantitative estimate of drug-likeness (QED) is 0.0742. The number of amides is 6. The Hall–Kier alpha value is -9.17. The van der Waals surface area contributed by atoms with Gasteiger partial charge >= 0.3 is 6.09 Å². The fourth-order valence-electron chi connectivity index (χ4n) is 12.5. The van der Waals surface area contributed by atoms with Crippen LogP contribution in [-0.2, 0) is 47.8 Å². The van der Waals surface area contributed by atoms with Gasteiger partial charge in [-0.3, -0.25) is 43.3 Å². The van der Waals surface area contributed by atoms with Gasteiger partial charge in [-0.2, -0.15) is 0 Å². The van der Waals surface area contributed by atoms with Gasteiger partial charge in [0.05, 0.1) is 28.5 Å². The van der Waals surface area contributed by atoms with Crippen LogP contribution < -0.4 is 41.2 Å². The average molecular weight is 1460 g/mol. The van der Waals surface area contributed by atoms with E-state index in [1.54, 1.807) is 55.4 Å². The molecule has 6 amide bonds. The molecule has 11 bridgehead atoms. The van der Waals surface area contributed by atoms with Gasteiger partial charge in [-0.1, -0.05) is 76.0 Å². The topological polar surface area (TPSA) is 459 Å². The molecular formula is C71H82Cl2N6O23. The lowest BCUT2D eigenvalue weighted by Crippen LogP contribution is -2.60. The van der Waals surface area contributed by atoms with Crippen LogP contribution >= 0.6 is 23.2 Å². The Balaban J connectivity index is 1.30. The van der Waals surface area contributed by atoms with Crippen molar-refractivity contribution in [3.05, 3.63) is 117 Å². The monoisotopic (exact) mass is 1460 g/mol. The van der Waals surface area contributed by atoms with Crippen LogP contribution in [0.3, 0.4) is 0 Å². The summed E-state index contributed by atoms with van der Waals surface area (Å²) in [6.07, 6.45) is -18.3. The number of halogens is 2. The van der Waals surface area contributed by atoms with Crippen molar-refractivity contribution in [1.29, 1.82) is 0 Å². The number of nitrogens with one attached hydrogen (secondary N) is 4. The number of hydrogen-bond donors (Lipinski definition) is 14. The number of ether oxygens (including phenoxy) is 5. The van der Waals surface area contributed by atoms with E-state index < -0.39 is 209 Å². The van der Waals surface area contributed by atoms with Crippen LogP contribution in [0.4, 0.5) is 4.79 Å². The smallest absolute Gasteiger partial charge is 0.410 e. The van der Waals surface area contributed by atoms with Crippen molar-refractivity contribution in [3.63, 3.8) is 0 Å². The predicted octanol–water partition coefficient (Wildman–Crippen LogP) is 5.41. The summed E-state index contributed by atoms with van der Waals surface area (Å²) in [5.74, 6) is -17.5. The van der Waals surface area contributed by atoms with Crippen molar-refractivity contribution in [1.82, 2.24) is 26.2 Å². The minimum absolute atomic E-state index is 0.0233. The highest BCUT2D eigenvalue weighted by Crippen LogP contribution is 2.50. The minimum atomic E-state index is -2.19. The molecule has 5 aromatic carbocycles. The number of phenolic OH excluding ortho intramolecular Hbond substituents is 3. The molecule has 6 aliphatic rings. The highest BCUT2D eigenvalue weighted by Gasteiger charge is 2.47. The van der Waals surface area contributed by atoms with E-state index in [-0.39, 0.29) is 79.2 Å². The lowest BCUT2D eigenvalue weighted by atomic mass is 9.82. The number of rotatable bonds is 12. The number of primary amides is 1. The van der Waals surface area contributed by atoms with Crippen LogP contribution in [0, 0.1) is 17.3 Å². The summed E-state index contributed by atoms with van der Waals surface area (Å²) in [4.78, 5) is 135. The zero-order valence-corrected chi connectivity index (χ0v) is 58.4. The number of carbonyl (C=O) groups is 9. The molecule has 0 unspecified atom stereocenters. The van der Waals surface area contributed by atoms with Crippen LogP contribution in [0.1, 0.15) is 146 Å². The molecule has 0 spiro atoms. The molecule has 15 N–H and O–H groups in total. The maximum atomic E-state index is 16.2. The molecule has 6 aliphatic heterocycles. The Labute approximate surface area is 595 Å². The summed E-state index contributed by atoms with van der Waals surface area (Å²) in [6.45, 7) is 12.5. The molecular weight excluding hydrogens is 1380 g/mol. The van der Waals surface area contributed by atoms with E-state index in [0.717, 1.165) is 47.4 Å². The first-order valence-electron chi connectivity index (χ1n) is 32.6. The lowest BCUT2D eigenvalue weighted by molar-refractivity contribution is -0.277. The Morgan fingerprint density at radius 2 is 1.30 bits per heavy atom. The molecule has 102 heavy (non-hydrogen) atoms. The van der Waals surface area contributed by atoms with Gasteiger partial charge in [0.15, 0.2) is 28.8 Å². The Kier molecular flexibility index (Phi) is 23.3. The maximum absolute atomic E-state index is 16.2. The summed E-state index contributed by atoms with van der Waals surface area (Å²) >= 11 is 14.1. The molecule has 29 nitrogen and oxygen atoms in total. The fourth-order valence-corrected chi connectivity index (χ4v) is 12.9. The number of ketones is 3. The molecule has 1 fully saturated rings. The van der Waals surface area contributed by atoms with E-state index in [9.17, 15) is 65.1 Å². The third-order valence-electron chi connectivity index (χ3n) is 17.5. The largest absolute Gasteiger partial charge is 0.508 e. The molecule has 6 heterocycles. The van der Waals surface area contributed by atoms with Crippen LogP contribution in [-0.4, -0.2) is 172 Å². The van der Waals surface area contributed by atoms with Gasteiger partial charge in [0.2, 0.25) is 41.6 Å². The first kappa shape index (κ1) is 77.0. The van der Waals surface area contributed by atoms with Crippen molar-refractivity contribution in [3.8, 4) is 57.1 Å². The number of fused-ring (bicyclic) bond motifs is 15. The number of nitrogens with zero attached hydrogens (tertiary/aromatic N) is 1. The zero-order chi connectivity index (χ0) is 75.0. The van der Waals surface area contributed by atoms with Gasteiger partial charge in [-0.05, 0) is 121 Å². The van der Waals surface area contributed by atoms with Crippen LogP contribution in [0.2, 0.25) is 10.0 Å². The molecule has 0 saturated carbocycles. The second kappa shape index (κ2) is 30.8. The highest BCUT2D eigenvalue weighted by atomic mass is 35.5. The van der Waals surface area contributed by atoms with Gasteiger partial charge in [0.1, 0.15) is 101 Å². The molecule has 0 aliphatic carbocycles. The van der Waals surface area contributed by atoms with E-state index in [1.807, 2.05) is 0 Å². The van der Waals surface area contributed by atoms with E-state index >= 15 is 24.0 Å². The summed E-state index contributed by atoms with van der Waals surface area (Å²) in [5, 5.41) is 113. The number of aromatic hydroxyl groups is 3. The van der Waals surface area contributed by atoms with E-state index in [4.69, 9.17) is 52.6 Å². The van der Waals surface area contributed by atoms with Crippen LogP contribution in [0.25, 0.3) is 11.1 Å². The van der Waals surface area contributed by atoms with Crippen LogP contribution in [0.15, 0.2) is 78.9 Å². The van der Waals surface area contributed by atoms with E-state index in [2.05, 4.69) is 21.3 Å². The minimum Gasteiger partial charge on any atom is -0.508 e. The van der Waals surface area contributed by atoms with Gasteiger partial charge in [-0.25, -0.2) is 4.79 Å². The number of nitrogens with two attached hydrogens (primary N) is 1. The third-order valence-corrected chi connectivity index (χ3v) is 18.1. The number of likely N-dealkylation sites (N-methyl/N-ethyl adjacent to an activating group) is 1. The van der Waals surface area contributed by atoms with Crippen molar-refractivity contribution < 1.29 is 113 Å². The van der Waals surface area contributed by atoms with E-state index in [0.29, 0.717) is 0 Å². The Morgan fingerprint density at radius 1 is 0.696 bits per heavy atom. The molecule has 0 aromatic heterocycles. The molecule has 1 saturated heterocycles. The van der Waals surface area contributed by atoms with Gasteiger partial charge < -0.3 is 96.6 Å². The summed E-state index contributed by atoms with van der Waals surface area (Å²) in [6, 6.07) is 4.98. The highest BCUT2D eigenvalue weighted by molar-refractivity contribution is 6.32. The van der Waals surface area contributed by atoms with Gasteiger partial charge in [0.25, 0.3) is 0 Å². The number of benzene rings is 5. The summed E-state index contributed by atoms with van der Waals surface area (Å²) in [5.41, 5.74) is 2.14. The summed E-state index contributed by atoms with van der Waals surface area (Å²) < 4.78 is 30.8. The molecule has 0 radical (unpaired) electrons. The lowest BCUT2D eigenvalue weighted by Gasteiger charge is -2.39. The van der Waals surface area contributed by atoms with Crippen molar-refractivity contribution in [2.45, 2.75) is 172 Å². The number of Topliss-reactive ketones (excluding diaryl/α,β-unsaturated/α-hetero) is 3. The molecule has 548 valence electrons. The van der Waals surface area contributed by atoms with Crippen molar-refractivity contribution >= 4 is 76.2 Å². The second-order valence-electron chi connectivity index (χ2n) is 28.4. The first-order chi connectivity index (χ1) is 47.7. The number of phenols is 3. The Bertz CT molecular complexity index is 4120. The maximum Gasteiger partial charge on any atom is 0.410 e. The first-order valence-corrected chi connectivity index (χ1v) is 33.4. The molecule has 11 rings (SSSR count). The van der Waals surface area contributed by atoms with Gasteiger partial charge in [-0.15, -0.1) is 0 Å². The zero-order valence-electron chi connectivity index (χ0n) is 56.9. The van der Waals surface area contributed by atoms with Crippen molar-refractivity contribution in [2.24, 2.45) is 23.0 Å². The number of aliphatic hydroxyl groups excluding tert-OH is 6. The number of aliphatic hydroxyl groups is 6. The van der Waals surface area contributed by atoms with Crippen LogP contribution in [0.5, 0.6) is 46.0 Å². The molecule has 5 aromatic rings. The SMILES string of the molecule is CC(C)C[C@H](C(=O)N[C@H]1C(=O)C[C@@H](CC(N)=O)C(=O)N[C@H]2C(=O)C[C@H]3C(=O)N[C@H](C(=O)N[C@H](C(=O)CC(C)(C)C)c4cc(O)cc(O)c4-c4cc3ccc4O)[C@H](O)c3ccc(c(Cl)c3)Oc3cc2cc(c3O[C@@H]2O[C@H](CO)[C@@H](O)[C@H](O)[C@H]2O)Oc2ccc(cc2Cl)[C@H]1O)N(C)C(=O)OC(C)(C)C. The van der Waals surface area contributed by atoms with E-state index in [1.165, 1.54) is 43.4 Å². The number of hydrogen-bond acceptors (Lipinski definition) is 23. The Morgan fingerprint density at radius 3 is 1.87 bits per heavy atom. The van der Waals surface area contributed by atoms with Gasteiger partial charge in [0, 0.05) is 49.9 Å². The molecule has 14 atom stereocenters. The second-order valence-corrected chi connectivity index (χ2v) is 29.2. The predicted molar refractivity (Wildman–Crippen MR) is 362 cm³/mol. The average Bonchev–Trinajstić information content (AvgIpc) is 0.767.